The van der Waals surface area contributed by atoms with Crippen LogP contribution in [0.15, 0.2) is 30.3 Å². The highest BCUT2D eigenvalue weighted by atomic mass is 16.5. The predicted molar refractivity (Wildman–Crippen MR) is 81.2 cm³/mol. The highest BCUT2D eigenvalue weighted by molar-refractivity contribution is 5.82. The van der Waals surface area contributed by atoms with Crippen molar-refractivity contribution >= 4 is 17.8 Å². The summed E-state index contributed by atoms with van der Waals surface area (Å²) < 4.78 is 9.75. The van der Waals surface area contributed by atoms with Gasteiger partial charge in [0.05, 0.1) is 26.1 Å². The van der Waals surface area contributed by atoms with Gasteiger partial charge in [-0.25, -0.2) is 0 Å². The van der Waals surface area contributed by atoms with Gasteiger partial charge < -0.3 is 20.1 Å². The number of amides is 1. The van der Waals surface area contributed by atoms with Crippen LogP contribution in [0.3, 0.4) is 0 Å². The Bertz CT molecular complexity index is 561. The summed E-state index contributed by atoms with van der Waals surface area (Å²) in [5.74, 6) is -0.978. The van der Waals surface area contributed by atoms with E-state index in [1.807, 2.05) is 30.3 Å². The number of benzene rings is 1. The molecule has 1 saturated heterocycles. The van der Waals surface area contributed by atoms with Crippen molar-refractivity contribution in [1.29, 1.82) is 0 Å². The second-order valence-corrected chi connectivity index (χ2v) is 5.29. The summed E-state index contributed by atoms with van der Waals surface area (Å²) in [6, 6.07) is 8.66. The summed E-state index contributed by atoms with van der Waals surface area (Å²) in [6.07, 6.45) is 0.269. The maximum absolute atomic E-state index is 11.9. The van der Waals surface area contributed by atoms with Crippen molar-refractivity contribution in [2.24, 2.45) is 0 Å². The third-order valence-electron chi connectivity index (χ3n) is 3.60. The number of hydrogen-bond acceptors (Lipinski definition) is 6. The van der Waals surface area contributed by atoms with Crippen molar-refractivity contribution in [2.75, 3.05) is 13.7 Å². The Balaban J connectivity index is 1.80. The van der Waals surface area contributed by atoms with Crippen LogP contribution in [0.25, 0.3) is 0 Å². The Morgan fingerprint density at radius 3 is 2.70 bits per heavy atom. The van der Waals surface area contributed by atoms with Gasteiger partial charge in [-0.2, -0.15) is 0 Å². The zero-order chi connectivity index (χ0) is 16.7. The van der Waals surface area contributed by atoms with Crippen LogP contribution in [0.1, 0.15) is 18.4 Å². The van der Waals surface area contributed by atoms with Crippen LogP contribution in [-0.2, 0) is 30.5 Å². The van der Waals surface area contributed by atoms with Gasteiger partial charge in [-0.1, -0.05) is 30.3 Å². The fraction of sp³-hybridized carbons (Fsp3) is 0.438. The molecule has 1 aliphatic heterocycles. The number of hydrogen-bond donors (Lipinski definition) is 2. The lowest BCUT2D eigenvalue weighted by Crippen LogP contribution is -2.44. The molecule has 23 heavy (non-hydrogen) atoms. The molecule has 0 bridgehead atoms. The minimum absolute atomic E-state index is 0.00824. The van der Waals surface area contributed by atoms with Crippen LogP contribution in [-0.4, -0.2) is 43.6 Å². The lowest BCUT2D eigenvalue weighted by atomic mass is 10.1. The second-order valence-electron chi connectivity index (χ2n) is 5.29. The minimum Gasteiger partial charge on any atom is -0.468 e. The monoisotopic (exact) mass is 320 g/mol. The van der Waals surface area contributed by atoms with E-state index in [0.29, 0.717) is 0 Å². The maximum Gasteiger partial charge on any atom is 0.319 e. The first kappa shape index (κ1) is 17.0. The Morgan fingerprint density at radius 2 is 2.00 bits per heavy atom. The first-order chi connectivity index (χ1) is 11.1. The van der Waals surface area contributed by atoms with Gasteiger partial charge in [0.15, 0.2) is 0 Å². The normalized spacial score (nSPS) is 20.0. The Kier molecular flexibility index (Phi) is 6.10. The molecule has 1 amide bonds. The van der Waals surface area contributed by atoms with E-state index in [4.69, 9.17) is 4.74 Å². The van der Waals surface area contributed by atoms with Crippen molar-refractivity contribution in [2.45, 2.75) is 31.5 Å². The number of ether oxygens (including phenoxy) is 2. The van der Waals surface area contributed by atoms with Crippen molar-refractivity contribution in [1.82, 2.24) is 10.6 Å². The average Bonchev–Trinajstić information content (AvgIpc) is 2.91. The molecule has 1 aromatic rings. The Hall–Kier alpha value is -2.41. The molecule has 0 saturated carbocycles. The van der Waals surface area contributed by atoms with Crippen molar-refractivity contribution in [3.05, 3.63) is 35.9 Å². The first-order valence-corrected chi connectivity index (χ1v) is 7.37. The third-order valence-corrected chi connectivity index (χ3v) is 3.60. The molecule has 1 aliphatic rings. The smallest absolute Gasteiger partial charge is 0.319 e. The van der Waals surface area contributed by atoms with Crippen LogP contribution in [0.5, 0.6) is 0 Å². The molecule has 1 fully saturated rings. The SMILES string of the molecule is COC(=O)CNC1CC(=O)NC1CC(=O)OCc1ccccc1. The fourth-order valence-electron chi connectivity index (χ4n) is 2.38. The van der Waals surface area contributed by atoms with E-state index in [0.717, 1.165) is 5.56 Å². The van der Waals surface area contributed by atoms with E-state index in [2.05, 4.69) is 15.4 Å². The van der Waals surface area contributed by atoms with Crippen molar-refractivity contribution in [3.63, 3.8) is 0 Å². The quantitative estimate of drug-likeness (QED) is 0.694. The standard InChI is InChI=1S/C16H20N2O5/c1-22-16(21)9-17-12-7-14(19)18-13(12)8-15(20)23-10-11-5-3-2-4-6-11/h2-6,12-13,17H,7-10H2,1H3,(H,18,19). The molecule has 7 nitrogen and oxygen atoms in total. The van der Waals surface area contributed by atoms with Crippen LogP contribution in [0.2, 0.25) is 0 Å². The molecule has 0 radical (unpaired) electrons. The van der Waals surface area contributed by atoms with Gasteiger partial charge in [-0.3, -0.25) is 14.4 Å². The van der Waals surface area contributed by atoms with E-state index in [1.165, 1.54) is 7.11 Å². The molecule has 2 rings (SSSR count). The van der Waals surface area contributed by atoms with Gasteiger partial charge in [-0.15, -0.1) is 0 Å². The maximum atomic E-state index is 11.9. The zero-order valence-corrected chi connectivity index (χ0v) is 12.9. The molecule has 0 aromatic heterocycles. The molecule has 7 heteroatoms. The molecule has 2 unspecified atom stereocenters. The molecule has 0 aliphatic carbocycles. The Labute approximate surface area is 134 Å². The predicted octanol–water partition coefficient (Wildman–Crippen LogP) is 0.140. The first-order valence-electron chi connectivity index (χ1n) is 7.37. The third kappa shape index (κ3) is 5.37. The number of esters is 2. The van der Waals surface area contributed by atoms with E-state index in [9.17, 15) is 14.4 Å². The number of rotatable bonds is 7. The zero-order valence-electron chi connectivity index (χ0n) is 12.9. The highest BCUT2D eigenvalue weighted by Gasteiger charge is 2.34. The van der Waals surface area contributed by atoms with Crippen molar-refractivity contribution < 1.29 is 23.9 Å². The van der Waals surface area contributed by atoms with Crippen LogP contribution in [0.4, 0.5) is 0 Å². The lowest BCUT2D eigenvalue weighted by molar-refractivity contribution is -0.145. The molecule has 2 N–H and O–H groups in total. The van der Waals surface area contributed by atoms with E-state index >= 15 is 0 Å². The van der Waals surface area contributed by atoms with Gasteiger partial charge in [0.25, 0.3) is 0 Å². The number of carbonyl (C=O) groups excluding carboxylic acids is 3. The summed E-state index contributed by atoms with van der Waals surface area (Å²) in [7, 11) is 1.29. The highest BCUT2D eigenvalue weighted by Crippen LogP contribution is 2.13. The van der Waals surface area contributed by atoms with E-state index < -0.39 is 18.0 Å². The van der Waals surface area contributed by atoms with E-state index in [-0.39, 0.29) is 37.9 Å². The van der Waals surface area contributed by atoms with Crippen LogP contribution in [0, 0.1) is 0 Å². The van der Waals surface area contributed by atoms with E-state index in [1.54, 1.807) is 0 Å². The van der Waals surface area contributed by atoms with Crippen LogP contribution < -0.4 is 10.6 Å². The summed E-state index contributed by atoms with van der Waals surface area (Å²) in [5, 5.41) is 5.65. The van der Waals surface area contributed by atoms with Gasteiger partial charge in [0.2, 0.25) is 5.91 Å². The summed E-state index contributed by atoms with van der Waals surface area (Å²) in [4.78, 5) is 34.6. The van der Waals surface area contributed by atoms with Crippen LogP contribution >= 0.6 is 0 Å². The molecule has 1 heterocycles. The number of carbonyl (C=O) groups is 3. The average molecular weight is 320 g/mol. The summed E-state index contributed by atoms with van der Waals surface area (Å²) in [5.41, 5.74) is 0.900. The number of methoxy groups -OCH3 is 1. The molecule has 2 atom stereocenters. The molecular weight excluding hydrogens is 300 g/mol. The second kappa shape index (κ2) is 8.28. The van der Waals surface area contributed by atoms with Gasteiger partial charge >= 0.3 is 11.9 Å². The van der Waals surface area contributed by atoms with Gasteiger partial charge in [0, 0.05) is 12.5 Å². The molecule has 0 spiro atoms. The largest absolute Gasteiger partial charge is 0.468 e. The lowest BCUT2D eigenvalue weighted by Gasteiger charge is -2.19. The topological polar surface area (TPSA) is 93.7 Å². The molecule has 124 valence electrons. The van der Waals surface area contributed by atoms with Gasteiger partial charge in [-0.05, 0) is 5.56 Å². The number of nitrogens with one attached hydrogen (secondary N) is 2. The summed E-state index contributed by atoms with van der Waals surface area (Å²) in [6.45, 7) is 0.187. The summed E-state index contributed by atoms with van der Waals surface area (Å²) >= 11 is 0. The molecular formula is C16H20N2O5. The Morgan fingerprint density at radius 1 is 1.26 bits per heavy atom. The van der Waals surface area contributed by atoms with Crippen molar-refractivity contribution in [3.8, 4) is 0 Å². The molecule has 1 aromatic carbocycles. The minimum atomic E-state index is -0.422. The van der Waals surface area contributed by atoms with Gasteiger partial charge in [0.1, 0.15) is 6.61 Å². The fourth-order valence-corrected chi connectivity index (χ4v) is 2.38.